The number of aliphatic hydroxyl groups is 1. The predicted molar refractivity (Wildman–Crippen MR) is 64.4 cm³/mol. The van der Waals surface area contributed by atoms with E-state index in [0.29, 0.717) is 12.1 Å². The van der Waals surface area contributed by atoms with Crippen molar-refractivity contribution in [3.63, 3.8) is 0 Å². The molecule has 1 aromatic heterocycles. The normalized spacial score (nSPS) is 38.0. The molecule has 0 radical (unpaired) electrons. The topological polar surface area (TPSA) is 49.2 Å². The summed E-state index contributed by atoms with van der Waals surface area (Å²) in [5.74, 6) is 0. The predicted octanol–water partition coefficient (Wildman–Crippen LogP) is 1.31. The lowest BCUT2D eigenvalue weighted by atomic mass is 9.74. The molecule has 0 spiro atoms. The van der Waals surface area contributed by atoms with E-state index in [0.717, 1.165) is 18.5 Å². The summed E-state index contributed by atoms with van der Waals surface area (Å²) in [7, 11) is 2.19. The first-order chi connectivity index (χ1) is 8.19. The number of hydrogen-bond acceptors (Lipinski definition) is 4. The smallest absolute Gasteiger partial charge is 0.111 e. The zero-order chi connectivity index (χ0) is 11.9. The third kappa shape index (κ3) is 1.85. The van der Waals surface area contributed by atoms with Crippen LogP contribution < -0.4 is 0 Å². The van der Waals surface area contributed by atoms with Crippen LogP contribution in [0.5, 0.6) is 0 Å². The zero-order valence-electron chi connectivity index (χ0n) is 10.2. The molecule has 2 bridgehead atoms. The van der Waals surface area contributed by atoms with Crippen LogP contribution in [0.25, 0.3) is 0 Å². The minimum atomic E-state index is -0.767. The summed E-state index contributed by atoms with van der Waals surface area (Å²) < 4.78 is 0. The highest BCUT2D eigenvalue weighted by Crippen LogP contribution is 2.42. The average molecular weight is 233 g/mol. The molecule has 2 aliphatic heterocycles. The molecular weight excluding hydrogens is 214 g/mol. The van der Waals surface area contributed by atoms with Gasteiger partial charge in [0.1, 0.15) is 5.60 Å². The van der Waals surface area contributed by atoms with E-state index in [9.17, 15) is 5.11 Å². The molecule has 4 nitrogen and oxygen atoms in total. The molecule has 3 rings (SSSR count). The molecule has 4 heteroatoms. The SMILES string of the molecule is CN1C2CCCC1CC(O)(c1cnccn1)C2. The van der Waals surface area contributed by atoms with Gasteiger partial charge >= 0.3 is 0 Å². The first-order valence-electron chi connectivity index (χ1n) is 6.40. The molecular formula is C13H19N3O. The lowest BCUT2D eigenvalue weighted by Gasteiger charge is -2.50. The van der Waals surface area contributed by atoms with Gasteiger partial charge in [-0.15, -0.1) is 0 Å². The molecule has 3 heterocycles. The Hall–Kier alpha value is -1.00. The van der Waals surface area contributed by atoms with Gasteiger partial charge in [0, 0.05) is 24.5 Å². The Morgan fingerprint density at radius 2 is 2.00 bits per heavy atom. The Labute approximate surface area is 102 Å². The van der Waals surface area contributed by atoms with E-state index in [2.05, 4.69) is 21.9 Å². The summed E-state index contributed by atoms with van der Waals surface area (Å²) in [5, 5.41) is 10.8. The number of fused-ring (bicyclic) bond motifs is 2. The van der Waals surface area contributed by atoms with Gasteiger partial charge in [-0.1, -0.05) is 6.42 Å². The van der Waals surface area contributed by atoms with Crippen LogP contribution in [-0.4, -0.2) is 39.1 Å². The highest BCUT2D eigenvalue weighted by atomic mass is 16.3. The number of nitrogens with zero attached hydrogens (tertiary/aromatic N) is 3. The molecule has 2 saturated heterocycles. The van der Waals surface area contributed by atoms with Crippen molar-refractivity contribution in [1.29, 1.82) is 0 Å². The van der Waals surface area contributed by atoms with Crippen molar-refractivity contribution in [2.45, 2.75) is 49.8 Å². The number of piperidine rings is 2. The van der Waals surface area contributed by atoms with E-state index >= 15 is 0 Å². The Bertz CT molecular complexity index is 381. The van der Waals surface area contributed by atoms with Gasteiger partial charge in [-0.2, -0.15) is 0 Å². The van der Waals surface area contributed by atoms with Crippen molar-refractivity contribution in [2.24, 2.45) is 0 Å². The van der Waals surface area contributed by atoms with Crippen LogP contribution in [0.3, 0.4) is 0 Å². The van der Waals surface area contributed by atoms with Crippen LogP contribution in [0, 0.1) is 0 Å². The summed E-state index contributed by atoms with van der Waals surface area (Å²) >= 11 is 0. The minimum absolute atomic E-state index is 0.495. The first-order valence-corrected chi connectivity index (χ1v) is 6.40. The number of hydrogen-bond donors (Lipinski definition) is 1. The molecule has 2 fully saturated rings. The quantitative estimate of drug-likeness (QED) is 0.794. The summed E-state index contributed by atoms with van der Waals surface area (Å²) in [6, 6.07) is 0.990. The van der Waals surface area contributed by atoms with Gasteiger partial charge in [0.15, 0.2) is 0 Å². The number of rotatable bonds is 1. The lowest BCUT2D eigenvalue weighted by molar-refractivity contribution is -0.0900. The fourth-order valence-electron chi connectivity index (χ4n) is 3.40. The average Bonchev–Trinajstić information content (AvgIpc) is 2.33. The fourth-order valence-corrected chi connectivity index (χ4v) is 3.40. The Balaban J connectivity index is 1.90. The van der Waals surface area contributed by atoms with Gasteiger partial charge in [-0.05, 0) is 32.7 Å². The van der Waals surface area contributed by atoms with Crippen molar-refractivity contribution < 1.29 is 5.11 Å². The van der Waals surface area contributed by atoms with E-state index in [1.54, 1.807) is 18.6 Å². The Morgan fingerprint density at radius 3 is 2.59 bits per heavy atom. The van der Waals surface area contributed by atoms with Crippen molar-refractivity contribution in [2.75, 3.05) is 7.05 Å². The Kier molecular flexibility index (Phi) is 2.64. The second-order valence-corrected chi connectivity index (χ2v) is 5.43. The minimum Gasteiger partial charge on any atom is -0.383 e. The van der Waals surface area contributed by atoms with Crippen LogP contribution >= 0.6 is 0 Å². The van der Waals surface area contributed by atoms with Crippen LogP contribution in [0.15, 0.2) is 18.6 Å². The van der Waals surface area contributed by atoms with Crippen molar-refractivity contribution >= 4 is 0 Å². The van der Waals surface area contributed by atoms with Crippen LogP contribution in [-0.2, 0) is 5.60 Å². The van der Waals surface area contributed by atoms with E-state index in [4.69, 9.17) is 0 Å². The molecule has 0 amide bonds. The van der Waals surface area contributed by atoms with Crippen LogP contribution in [0.4, 0.5) is 0 Å². The van der Waals surface area contributed by atoms with Gasteiger partial charge in [-0.3, -0.25) is 9.97 Å². The van der Waals surface area contributed by atoms with Gasteiger partial charge in [0.05, 0.1) is 11.9 Å². The molecule has 0 aromatic carbocycles. The second kappa shape index (κ2) is 4.03. The monoisotopic (exact) mass is 233 g/mol. The summed E-state index contributed by atoms with van der Waals surface area (Å²) in [6.45, 7) is 0. The van der Waals surface area contributed by atoms with E-state index < -0.39 is 5.60 Å². The fraction of sp³-hybridized carbons (Fsp3) is 0.692. The highest BCUT2D eigenvalue weighted by molar-refractivity contribution is 5.13. The maximum Gasteiger partial charge on any atom is 0.111 e. The van der Waals surface area contributed by atoms with Gasteiger partial charge < -0.3 is 10.0 Å². The van der Waals surface area contributed by atoms with Gasteiger partial charge in [0.25, 0.3) is 0 Å². The molecule has 2 aliphatic rings. The van der Waals surface area contributed by atoms with Gasteiger partial charge in [0.2, 0.25) is 0 Å². The van der Waals surface area contributed by atoms with Crippen LogP contribution in [0.2, 0.25) is 0 Å². The second-order valence-electron chi connectivity index (χ2n) is 5.43. The largest absolute Gasteiger partial charge is 0.383 e. The Morgan fingerprint density at radius 1 is 1.29 bits per heavy atom. The summed E-state index contributed by atoms with van der Waals surface area (Å²) in [5.41, 5.74) is -0.0266. The maximum absolute atomic E-state index is 10.8. The molecule has 0 saturated carbocycles. The third-order valence-electron chi connectivity index (χ3n) is 4.41. The maximum atomic E-state index is 10.8. The van der Waals surface area contributed by atoms with Crippen molar-refractivity contribution in [1.82, 2.24) is 14.9 Å². The molecule has 2 unspecified atom stereocenters. The standard InChI is InChI=1S/C13H19N3O/c1-16-10-3-2-4-11(16)8-13(17,7-10)12-9-14-5-6-15-12/h5-6,9-11,17H,2-4,7-8H2,1H3. The van der Waals surface area contributed by atoms with E-state index in [-0.39, 0.29) is 0 Å². The lowest BCUT2D eigenvalue weighted by Crippen LogP contribution is -2.55. The van der Waals surface area contributed by atoms with E-state index in [1.807, 2.05) is 0 Å². The number of aromatic nitrogens is 2. The summed E-state index contributed by atoms with van der Waals surface area (Å²) in [6.07, 6.45) is 10.3. The zero-order valence-corrected chi connectivity index (χ0v) is 10.2. The van der Waals surface area contributed by atoms with Crippen LogP contribution in [0.1, 0.15) is 37.8 Å². The molecule has 17 heavy (non-hydrogen) atoms. The third-order valence-corrected chi connectivity index (χ3v) is 4.41. The van der Waals surface area contributed by atoms with Crippen molar-refractivity contribution in [3.8, 4) is 0 Å². The molecule has 1 aromatic rings. The first kappa shape index (κ1) is 11.1. The highest BCUT2D eigenvalue weighted by Gasteiger charge is 2.45. The molecule has 92 valence electrons. The van der Waals surface area contributed by atoms with E-state index in [1.165, 1.54) is 19.3 Å². The van der Waals surface area contributed by atoms with Crippen molar-refractivity contribution in [3.05, 3.63) is 24.3 Å². The summed E-state index contributed by atoms with van der Waals surface area (Å²) in [4.78, 5) is 10.8. The molecule has 2 atom stereocenters. The van der Waals surface area contributed by atoms with Gasteiger partial charge in [-0.25, -0.2) is 0 Å². The molecule has 1 N–H and O–H groups in total. The molecule has 0 aliphatic carbocycles.